The van der Waals surface area contributed by atoms with E-state index in [1.165, 1.54) is 121 Å². The van der Waals surface area contributed by atoms with Crippen LogP contribution in [0.15, 0.2) is 303 Å². The normalized spacial score (nSPS) is 11.6. The lowest BCUT2D eigenvalue weighted by Crippen LogP contribution is -1.98. The largest absolute Gasteiger partial charge is 0.309 e. The number of fused-ring (bicyclic) bond motifs is 16. The summed E-state index contributed by atoms with van der Waals surface area (Å²) < 4.78 is 4.49. The van der Waals surface area contributed by atoms with Crippen LogP contribution < -0.4 is 0 Å². The van der Waals surface area contributed by atoms with E-state index in [2.05, 4.69) is 300 Å². The zero-order valence-electron chi connectivity index (χ0n) is 52.6. The Hall–Kier alpha value is -13.9. The Morgan fingerprint density at radius 1 is 0.224 bits per heavy atom. The van der Waals surface area contributed by atoms with Crippen molar-refractivity contribution in [3.05, 3.63) is 326 Å². The summed E-state index contributed by atoms with van der Waals surface area (Å²) in [5.41, 5.74) is 27.2. The van der Waals surface area contributed by atoms with Crippen molar-refractivity contribution in [3.63, 3.8) is 0 Å². The van der Waals surface area contributed by atoms with E-state index in [0.29, 0.717) is 22.3 Å². The molecular formula is C92H50N6. The van der Waals surface area contributed by atoms with Crippen LogP contribution in [-0.4, -0.2) is 9.13 Å². The summed E-state index contributed by atoms with van der Waals surface area (Å²) in [4.78, 5) is 0. The van der Waals surface area contributed by atoms with Gasteiger partial charge in [-0.15, -0.1) is 0 Å². The molecule has 2 aromatic heterocycles. The lowest BCUT2D eigenvalue weighted by atomic mass is 9.82. The summed E-state index contributed by atoms with van der Waals surface area (Å²) in [5.74, 6) is 0. The van der Waals surface area contributed by atoms with Gasteiger partial charge in [0.15, 0.2) is 0 Å². The second kappa shape index (κ2) is 21.9. The van der Waals surface area contributed by atoms with Crippen molar-refractivity contribution in [1.29, 1.82) is 21.0 Å². The van der Waals surface area contributed by atoms with Gasteiger partial charge in [0.25, 0.3) is 0 Å². The predicted octanol–water partition coefficient (Wildman–Crippen LogP) is 23.6. The van der Waals surface area contributed by atoms with Crippen molar-refractivity contribution in [2.75, 3.05) is 0 Å². The average molecular weight is 1240 g/mol. The van der Waals surface area contributed by atoms with Crippen LogP contribution in [0.5, 0.6) is 0 Å². The number of hydrogen-bond donors (Lipinski definition) is 0. The summed E-state index contributed by atoms with van der Waals surface area (Å²) >= 11 is 0. The van der Waals surface area contributed by atoms with Gasteiger partial charge in [-0.2, -0.15) is 21.0 Å². The van der Waals surface area contributed by atoms with Gasteiger partial charge in [0.2, 0.25) is 0 Å². The average Bonchev–Trinajstić information content (AvgIpc) is 1.52. The molecule has 98 heavy (non-hydrogen) atoms. The zero-order valence-corrected chi connectivity index (χ0v) is 52.6. The molecule has 16 aromatic carbocycles. The summed E-state index contributed by atoms with van der Waals surface area (Å²) in [5, 5.41) is 53.8. The van der Waals surface area contributed by atoms with E-state index in [1.807, 2.05) is 18.2 Å². The fraction of sp³-hybridized carbons (Fsp3) is 0. The molecule has 0 saturated heterocycles. The van der Waals surface area contributed by atoms with E-state index in [9.17, 15) is 21.0 Å². The number of aromatic nitrogens is 2. The van der Waals surface area contributed by atoms with Crippen LogP contribution in [-0.2, 0) is 0 Å². The second-order valence-electron chi connectivity index (χ2n) is 25.3. The number of para-hydroxylation sites is 2. The SMILES string of the molecule is N#Cc1ccc(-n2c3ccccc3c3cc4c5c(cccc5c32)-c2c-4c(-c3ccccc3)c3ccccc3c2-c2ccccc2)c(C#N)c1.N#Cc1ccc(-n2c3ccccc3c3cc4c5c(cccc5c32)-c2c-4c(-c3ccccc3)c3ccccc3c2-c2ccccc2)cc1C#N. The Kier molecular flexibility index (Phi) is 12.4. The van der Waals surface area contributed by atoms with Gasteiger partial charge in [-0.1, -0.05) is 243 Å². The van der Waals surface area contributed by atoms with Gasteiger partial charge >= 0.3 is 0 Å². The van der Waals surface area contributed by atoms with Gasteiger partial charge in [-0.05, 0) is 182 Å². The standard InChI is InChI=1S/2C46H25N3/c47-26-28-22-23-39(31(24-28)27-48)49-40-21-10-9-16-32(40)37-25-38-43-35(19-11-20-36(43)46(37)49)44-41(29-12-3-1-4-13-29)33-17-7-8-18-34(33)42(45(38)44)30-14-5-2-6-15-30;47-26-30-22-23-32(24-31(30)27-48)49-40-21-10-9-16-33(40)38-25-39-43-36(19-11-20-37(43)46(38)49)44-41(28-12-3-1-4-13-28)34-17-7-8-18-35(34)42(45(39)44)29-14-5-2-6-15-29/h2*1-25H. The van der Waals surface area contributed by atoms with E-state index in [-0.39, 0.29) is 0 Å². The molecule has 0 N–H and O–H groups in total. The Labute approximate surface area is 563 Å². The second-order valence-corrected chi connectivity index (χ2v) is 25.3. The van der Waals surface area contributed by atoms with Crippen LogP contribution in [0.3, 0.4) is 0 Å². The Morgan fingerprint density at radius 2 is 0.592 bits per heavy atom. The molecule has 6 heteroatoms. The van der Waals surface area contributed by atoms with Crippen molar-refractivity contribution in [2.45, 2.75) is 0 Å². The van der Waals surface area contributed by atoms with E-state index in [1.54, 1.807) is 18.2 Å². The van der Waals surface area contributed by atoms with E-state index in [4.69, 9.17) is 0 Å². The highest BCUT2D eigenvalue weighted by molar-refractivity contribution is 6.35. The minimum Gasteiger partial charge on any atom is -0.309 e. The highest BCUT2D eigenvalue weighted by Crippen LogP contribution is 2.61. The monoisotopic (exact) mass is 1240 g/mol. The highest BCUT2D eigenvalue weighted by atomic mass is 15.0. The summed E-state index contributed by atoms with van der Waals surface area (Å²) in [6.45, 7) is 0. The Bertz CT molecular complexity index is 6690. The maximum absolute atomic E-state index is 10.3. The van der Waals surface area contributed by atoms with Gasteiger partial charge in [0, 0.05) is 38.0 Å². The van der Waals surface area contributed by atoms with Crippen LogP contribution in [0.1, 0.15) is 22.3 Å². The minimum atomic E-state index is 0.371. The molecular weight excluding hydrogens is 1190 g/mol. The summed E-state index contributed by atoms with van der Waals surface area (Å²) in [6.07, 6.45) is 0. The Morgan fingerprint density at radius 3 is 1.01 bits per heavy atom. The number of nitriles is 4. The number of benzene rings is 16. The molecule has 0 radical (unpaired) electrons. The number of hydrogen-bond acceptors (Lipinski definition) is 4. The van der Waals surface area contributed by atoms with Gasteiger partial charge in [-0.3, -0.25) is 0 Å². The molecule has 0 atom stereocenters. The number of nitrogens with zero attached hydrogens (tertiary/aromatic N) is 6. The summed E-state index contributed by atoms with van der Waals surface area (Å²) in [7, 11) is 0. The van der Waals surface area contributed by atoms with Crippen molar-refractivity contribution in [2.24, 2.45) is 0 Å². The van der Waals surface area contributed by atoms with Crippen LogP contribution in [0.25, 0.3) is 187 Å². The predicted molar refractivity (Wildman–Crippen MR) is 401 cm³/mol. The molecule has 448 valence electrons. The highest BCUT2D eigenvalue weighted by Gasteiger charge is 2.35. The van der Waals surface area contributed by atoms with E-state index in [0.717, 1.165) is 65.8 Å². The molecule has 0 fully saturated rings. The van der Waals surface area contributed by atoms with Crippen LogP contribution in [0.2, 0.25) is 0 Å². The molecule has 20 rings (SSSR count). The van der Waals surface area contributed by atoms with Crippen molar-refractivity contribution in [1.82, 2.24) is 9.13 Å². The molecule has 0 aliphatic heterocycles. The van der Waals surface area contributed by atoms with Gasteiger partial charge < -0.3 is 9.13 Å². The van der Waals surface area contributed by atoms with Gasteiger partial charge in [-0.25, -0.2) is 0 Å². The molecule has 6 nitrogen and oxygen atoms in total. The molecule has 0 amide bonds. The lowest BCUT2D eigenvalue weighted by Gasteiger charge is -2.20. The maximum atomic E-state index is 10.3. The van der Waals surface area contributed by atoms with Crippen LogP contribution in [0, 0.1) is 45.3 Å². The minimum absolute atomic E-state index is 0.371. The molecule has 0 bridgehead atoms. The molecule has 2 aliphatic rings. The van der Waals surface area contributed by atoms with Crippen molar-refractivity contribution < 1.29 is 0 Å². The molecule has 0 unspecified atom stereocenters. The zero-order chi connectivity index (χ0) is 65.3. The first-order chi connectivity index (χ1) is 48.5. The smallest absolute Gasteiger partial charge is 0.101 e. The molecule has 2 aliphatic carbocycles. The third kappa shape index (κ3) is 7.99. The van der Waals surface area contributed by atoms with Gasteiger partial charge in [0.05, 0.1) is 56.1 Å². The lowest BCUT2D eigenvalue weighted by molar-refractivity contribution is 1.17. The van der Waals surface area contributed by atoms with Crippen LogP contribution in [0.4, 0.5) is 0 Å². The van der Waals surface area contributed by atoms with Crippen molar-refractivity contribution in [3.8, 4) is 125 Å². The number of rotatable bonds is 6. The molecule has 0 spiro atoms. The third-order valence-corrected chi connectivity index (χ3v) is 20.3. The van der Waals surface area contributed by atoms with E-state index < -0.39 is 0 Å². The molecule has 2 heterocycles. The quantitative estimate of drug-likeness (QED) is 0.165. The van der Waals surface area contributed by atoms with Crippen LogP contribution >= 0.6 is 0 Å². The summed E-state index contributed by atoms with van der Waals surface area (Å²) in [6, 6.07) is 116. The van der Waals surface area contributed by atoms with Crippen molar-refractivity contribution >= 4 is 86.7 Å². The Balaban J connectivity index is 0.000000137. The third-order valence-electron chi connectivity index (χ3n) is 20.3. The molecule has 0 saturated carbocycles. The first-order valence-electron chi connectivity index (χ1n) is 32.8. The van der Waals surface area contributed by atoms with Gasteiger partial charge in [0.1, 0.15) is 18.2 Å². The topological polar surface area (TPSA) is 105 Å². The maximum Gasteiger partial charge on any atom is 0.101 e. The first kappa shape index (κ1) is 55.7. The first-order valence-corrected chi connectivity index (χ1v) is 32.8. The fourth-order valence-electron chi connectivity index (χ4n) is 16.5. The fourth-order valence-corrected chi connectivity index (χ4v) is 16.5. The molecule has 18 aromatic rings. The van der Waals surface area contributed by atoms with E-state index >= 15 is 0 Å².